The van der Waals surface area contributed by atoms with E-state index in [4.69, 9.17) is 25.7 Å². The zero-order valence-corrected chi connectivity index (χ0v) is 29.6. The van der Waals surface area contributed by atoms with Crippen LogP contribution in [0, 0.1) is 0 Å². The Balaban J connectivity index is 2.05. The molecule has 0 radical (unpaired) electrons. The topological polar surface area (TPSA) is 228 Å². The van der Waals surface area contributed by atoms with Crippen molar-refractivity contribution in [1.82, 2.24) is 30.7 Å². The average Bonchev–Trinajstić information content (AvgIpc) is 3.34. The molecule has 1 aromatic rings. The molecular weight excluding hydrogens is 660 g/mol. The molecule has 0 aromatic heterocycles. The number of benzene rings is 1. The van der Waals surface area contributed by atoms with Crippen LogP contribution in [0.5, 0.6) is 11.5 Å². The highest BCUT2D eigenvalue weighted by molar-refractivity contribution is 8.00. The molecule has 49 heavy (non-hydrogen) atoms. The first-order valence-electron chi connectivity index (χ1n) is 16.2. The molecule has 1 fully saturated rings. The lowest BCUT2D eigenvalue weighted by molar-refractivity contribution is -0.138. The van der Waals surface area contributed by atoms with Gasteiger partial charge in [0, 0.05) is 58.2 Å². The molecule has 2 atom stereocenters. The number of amides is 6. The van der Waals surface area contributed by atoms with Gasteiger partial charge in [-0.2, -0.15) is 0 Å². The van der Waals surface area contributed by atoms with Crippen molar-refractivity contribution in [1.29, 1.82) is 0 Å². The van der Waals surface area contributed by atoms with E-state index in [1.54, 1.807) is 11.0 Å². The van der Waals surface area contributed by atoms with Gasteiger partial charge in [-0.25, -0.2) is 9.59 Å². The first-order valence-corrected chi connectivity index (χ1v) is 17.2. The van der Waals surface area contributed by atoms with Gasteiger partial charge in [-0.15, -0.1) is 11.8 Å². The largest absolute Gasteiger partial charge is 0.493 e. The van der Waals surface area contributed by atoms with Crippen molar-refractivity contribution in [3.05, 3.63) is 23.8 Å². The number of methoxy groups -OCH3 is 1. The number of ether oxygens (including phenoxy) is 3. The number of thioether (sulfide) groups is 1. The highest BCUT2D eigenvalue weighted by atomic mass is 32.2. The number of nitrogens with zero attached hydrogens (tertiary/aromatic N) is 3. The van der Waals surface area contributed by atoms with Crippen LogP contribution in [-0.4, -0.2) is 128 Å². The summed E-state index contributed by atoms with van der Waals surface area (Å²) in [5.74, 6) is -0.840. The van der Waals surface area contributed by atoms with Crippen LogP contribution >= 0.6 is 11.8 Å². The van der Waals surface area contributed by atoms with E-state index in [-0.39, 0.29) is 67.3 Å². The van der Waals surface area contributed by atoms with E-state index in [1.807, 2.05) is 6.92 Å². The maximum absolute atomic E-state index is 13.0. The molecule has 0 bridgehead atoms. The van der Waals surface area contributed by atoms with Crippen LogP contribution in [0.1, 0.15) is 51.7 Å². The summed E-state index contributed by atoms with van der Waals surface area (Å²) in [5, 5.41) is 6.74. The molecule has 18 heteroatoms. The number of nitrogens with two attached hydrogens (primary N) is 2. The quantitative estimate of drug-likeness (QED) is 0.0909. The van der Waals surface area contributed by atoms with E-state index in [9.17, 15) is 28.8 Å². The van der Waals surface area contributed by atoms with Gasteiger partial charge >= 0.3 is 12.2 Å². The number of carbonyl (C=O) groups is 6. The molecule has 1 aromatic carbocycles. The van der Waals surface area contributed by atoms with E-state index in [0.717, 1.165) is 18.0 Å². The van der Waals surface area contributed by atoms with Gasteiger partial charge in [-0.05, 0) is 37.7 Å². The van der Waals surface area contributed by atoms with Crippen molar-refractivity contribution in [2.75, 3.05) is 65.7 Å². The van der Waals surface area contributed by atoms with Gasteiger partial charge in [-0.3, -0.25) is 40.9 Å². The fourth-order valence-corrected chi connectivity index (χ4v) is 5.90. The number of rotatable bonds is 20. The van der Waals surface area contributed by atoms with Crippen LogP contribution in [0.15, 0.2) is 18.2 Å². The molecule has 1 aliphatic heterocycles. The minimum absolute atomic E-state index is 0.00123. The summed E-state index contributed by atoms with van der Waals surface area (Å²) in [6, 6.07) is 4.59. The lowest BCUT2D eigenvalue weighted by Gasteiger charge is -2.25. The second-order valence-electron chi connectivity index (χ2n) is 10.9. The molecule has 1 heterocycles. The Kier molecular flexibility index (Phi) is 17.6. The maximum atomic E-state index is 13.0. The summed E-state index contributed by atoms with van der Waals surface area (Å²) in [6.45, 7) is 9.16. The van der Waals surface area contributed by atoms with Crippen LogP contribution in [0.4, 0.5) is 9.59 Å². The van der Waals surface area contributed by atoms with Crippen LogP contribution in [0.25, 0.3) is 0 Å². The first-order chi connectivity index (χ1) is 23.4. The van der Waals surface area contributed by atoms with Crippen LogP contribution in [0.2, 0.25) is 0 Å². The van der Waals surface area contributed by atoms with Crippen molar-refractivity contribution < 1.29 is 43.0 Å². The molecule has 17 nitrogen and oxygen atoms in total. The zero-order chi connectivity index (χ0) is 36.5. The van der Waals surface area contributed by atoms with Gasteiger partial charge in [0.05, 0.1) is 18.9 Å². The van der Waals surface area contributed by atoms with Crippen LogP contribution in [0.3, 0.4) is 0 Å². The molecule has 0 aliphatic carbocycles. The Morgan fingerprint density at radius 1 is 1.02 bits per heavy atom. The molecule has 0 spiro atoms. The average molecular weight is 711 g/mol. The molecule has 1 saturated heterocycles. The maximum Gasteiger partial charge on any atom is 0.415 e. The predicted octanol–water partition coefficient (Wildman–Crippen LogP) is 0.329. The molecule has 1 aliphatic rings. The number of likely N-dealkylation sites (N-methyl/N-ethyl adjacent to an activating group) is 2. The standard InChI is InChI=1S/C31H50N8O9S/c1-6-37(7-2)14-15-38(8-3)31(45)48-21-10-9-20(17-22(21)46-5)23(47-30(44)36-29(32)33)19-35-26(41)12-16-49-24-18-27(42)39(28(24)43)13-11-25(40)34-4/h9-10,17,23-24,29H,6-8,11-16,18-19,32-33H2,1-5H3,(H,34,40)(H,35,41)(H,36,44). The summed E-state index contributed by atoms with van der Waals surface area (Å²) < 4.78 is 16.6. The smallest absolute Gasteiger partial charge is 0.415 e. The van der Waals surface area contributed by atoms with Crippen molar-refractivity contribution in [3.8, 4) is 11.5 Å². The van der Waals surface area contributed by atoms with Crippen LogP contribution in [-0.2, 0) is 23.9 Å². The highest BCUT2D eigenvalue weighted by Gasteiger charge is 2.38. The van der Waals surface area contributed by atoms with Gasteiger partial charge < -0.3 is 34.6 Å². The van der Waals surface area contributed by atoms with E-state index < -0.39 is 35.7 Å². The van der Waals surface area contributed by atoms with Crippen molar-refractivity contribution >= 4 is 47.6 Å². The number of imide groups is 1. The molecule has 274 valence electrons. The minimum Gasteiger partial charge on any atom is -0.493 e. The summed E-state index contributed by atoms with van der Waals surface area (Å²) in [6.07, 6.45) is -3.68. The minimum atomic E-state index is -1.19. The second kappa shape index (κ2) is 21.1. The summed E-state index contributed by atoms with van der Waals surface area (Å²) in [4.78, 5) is 79.4. The lowest BCUT2D eigenvalue weighted by atomic mass is 10.1. The number of alkyl carbamates (subject to hydrolysis) is 1. The lowest BCUT2D eigenvalue weighted by Crippen LogP contribution is -2.49. The van der Waals surface area contributed by atoms with E-state index in [1.165, 1.54) is 38.1 Å². The Morgan fingerprint density at radius 3 is 2.35 bits per heavy atom. The number of hydrogen-bond donors (Lipinski definition) is 5. The van der Waals surface area contributed by atoms with E-state index >= 15 is 0 Å². The van der Waals surface area contributed by atoms with Gasteiger partial charge in [-0.1, -0.05) is 19.9 Å². The molecule has 2 rings (SSSR count). The molecule has 7 N–H and O–H groups in total. The third kappa shape index (κ3) is 13.4. The number of nitrogens with one attached hydrogen (secondary N) is 3. The zero-order valence-electron chi connectivity index (χ0n) is 28.8. The van der Waals surface area contributed by atoms with E-state index in [2.05, 4.69) is 34.7 Å². The Bertz CT molecular complexity index is 1300. The van der Waals surface area contributed by atoms with E-state index in [0.29, 0.717) is 25.2 Å². The van der Waals surface area contributed by atoms with Crippen LogP contribution < -0.4 is 36.9 Å². The third-order valence-electron chi connectivity index (χ3n) is 7.69. The highest BCUT2D eigenvalue weighted by Crippen LogP contribution is 2.32. The SMILES string of the molecule is CCN(CC)CCN(CC)C(=O)Oc1ccc(C(CNC(=O)CCSC2CC(=O)N(CCC(=O)NC)C2=O)OC(=O)NC(N)N)cc1OC. The Morgan fingerprint density at radius 2 is 1.73 bits per heavy atom. The van der Waals surface area contributed by atoms with Gasteiger partial charge in [0.15, 0.2) is 11.5 Å². The Hall–Kier alpha value is -4.13. The summed E-state index contributed by atoms with van der Waals surface area (Å²) in [5.41, 5.74) is 11.3. The summed E-state index contributed by atoms with van der Waals surface area (Å²) >= 11 is 1.18. The molecule has 0 saturated carbocycles. The predicted molar refractivity (Wildman–Crippen MR) is 182 cm³/mol. The number of hydrogen-bond acceptors (Lipinski definition) is 13. The normalized spacial score (nSPS) is 14.9. The number of likely N-dealkylation sites (tertiary alicyclic amines) is 1. The Labute approximate surface area is 291 Å². The fraction of sp³-hybridized carbons (Fsp3) is 0.613. The molecule has 2 unspecified atom stereocenters. The summed E-state index contributed by atoms with van der Waals surface area (Å²) in [7, 11) is 2.87. The van der Waals surface area contributed by atoms with Crippen molar-refractivity contribution in [2.24, 2.45) is 11.5 Å². The molecule has 6 amide bonds. The number of carbonyl (C=O) groups excluding carboxylic acids is 6. The second-order valence-corrected chi connectivity index (χ2v) is 12.2. The van der Waals surface area contributed by atoms with Crippen molar-refractivity contribution in [2.45, 2.75) is 57.7 Å². The van der Waals surface area contributed by atoms with Crippen molar-refractivity contribution in [3.63, 3.8) is 0 Å². The fourth-order valence-electron chi connectivity index (χ4n) is 4.78. The molecular formula is C31H50N8O9S. The van der Waals surface area contributed by atoms with Gasteiger partial charge in [0.25, 0.3) is 0 Å². The van der Waals surface area contributed by atoms with Gasteiger partial charge in [0.1, 0.15) is 12.4 Å². The van der Waals surface area contributed by atoms with Gasteiger partial charge in [0.2, 0.25) is 23.6 Å². The first kappa shape index (κ1) is 41.0. The third-order valence-corrected chi connectivity index (χ3v) is 8.90. The monoisotopic (exact) mass is 710 g/mol.